The highest BCUT2D eigenvalue weighted by Gasteiger charge is 2.20. The van der Waals surface area contributed by atoms with Gasteiger partial charge in [-0.25, -0.2) is 9.59 Å². The fourth-order valence-corrected chi connectivity index (χ4v) is 3.12. The molecule has 8 nitrogen and oxygen atoms in total. The summed E-state index contributed by atoms with van der Waals surface area (Å²) >= 11 is 0. The van der Waals surface area contributed by atoms with E-state index in [0.29, 0.717) is 5.76 Å². The summed E-state index contributed by atoms with van der Waals surface area (Å²) < 4.78 is 11.1. The van der Waals surface area contributed by atoms with Crippen molar-refractivity contribution in [1.82, 2.24) is 9.55 Å². The summed E-state index contributed by atoms with van der Waals surface area (Å²) in [6.07, 6.45) is 1.69. The summed E-state index contributed by atoms with van der Waals surface area (Å²) in [5, 5.41) is 10.5. The Morgan fingerprint density at radius 1 is 1.32 bits per heavy atom. The number of rotatable bonds is 4. The van der Waals surface area contributed by atoms with E-state index in [9.17, 15) is 14.7 Å². The second-order valence-corrected chi connectivity index (χ2v) is 6.28. The van der Waals surface area contributed by atoms with Gasteiger partial charge in [0.05, 0.1) is 19.3 Å². The van der Waals surface area contributed by atoms with E-state index in [0.717, 1.165) is 27.1 Å². The van der Waals surface area contributed by atoms with Crippen LogP contribution in [0, 0.1) is 0 Å². The van der Waals surface area contributed by atoms with Crippen LogP contribution in [0.4, 0.5) is 5.69 Å². The van der Waals surface area contributed by atoms with Crippen molar-refractivity contribution in [1.29, 1.82) is 0 Å². The number of methoxy groups -OCH3 is 1. The highest BCUT2D eigenvalue weighted by Crippen LogP contribution is 2.36. The average Bonchev–Trinajstić information content (AvgIpc) is 3.35. The topological polar surface area (TPSA) is 110 Å². The lowest BCUT2D eigenvalue weighted by Crippen LogP contribution is -2.16. The monoisotopic (exact) mass is 379 g/mol. The van der Waals surface area contributed by atoms with Gasteiger partial charge in [0, 0.05) is 16.8 Å². The van der Waals surface area contributed by atoms with Gasteiger partial charge in [-0.05, 0) is 31.2 Å². The first-order valence-corrected chi connectivity index (χ1v) is 8.53. The Morgan fingerprint density at radius 2 is 2.11 bits per heavy atom. The van der Waals surface area contributed by atoms with Crippen LogP contribution in [0.2, 0.25) is 0 Å². The number of carbonyl (C=O) groups is 1. The number of hydrogen-bond acceptors (Lipinski definition) is 6. The molecular weight excluding hydrogens is 362 g/mol. The molecule has 28 heavy (non-hydrogen) atoms. The average molecular weight is 379 g/mol. The lowest BCUT2D eigenvalue weighted by atomic mass is 10.0. The molecule has 3 aromatic rings. The molecule has 1 aliphatic rings. The molecule has 0 spiro atoms. The molecule has 1 aliphatic heterocycles. The van der Waals surface area contributed by atoms with E-state index in [2.05, 4.69) is 14.7 Å². The minimum atomic E-state index is -0.614. The van der Waals surface area contributed by atoms with Crippen molar-refractivity contribution in [2.45, 2.75) is 13.5 Å². The normalized spacial score (nSPS) is 14.2. The van der Waals surface area contributed by atoms with Crippen LogP contribution in [-0.4, -0.2) is 33.4 Å². The van der Waals surface area contributed by atoms with Gasteiger partial charge in [0.1, 0.15) is 11.5 Å². The van der Waals surface area contributed by atoms with Crippen molar-refractivity contribution in [2.75, 3.05) is 7.11 Å². The summed E-state index contributed by atoms with van der Waals surface area (Å²) in [6.45, 7) is 1.83. The van der Waals surface area contributed by atoms with E-state index >= 15 is 0 Å². The van der Waals surface area contributed by atoms with Crippen LogP contribution in [0.3, 0.4) is 0 Å². The Kier molecular flexibility index (Phi) is 4.23. The minimum Gasteiger partial charge on any atom is -0.493 e. The van der Waals surface area contributed by atoms with Gasteiger partial charge < -0.3 is 19.2 Å². The number of nitrogens with zero attached hydrogens (tertiary/aromatic N) is 2. The van der Waals surface area contributed by atoms with Crippen molar-refractivity contribution in [2.24, 2.45) is 4.99 Å². The Bertz CT molecular complexity index is 1190. The highest BCUT2D eigenvalue weighted by molar-refractivity contribution is 6.31. The Hall–Kier alpha value is -3.81. The van der Waals surface area contributed by atoms with Crippen LogP contribution in [0.25, 0.3) is 11.6 Å². The Balaban J connectivity index is 1.67. The molecule has 0 saturated carbocycles. The summed E-state index contributed by atoms with van der Waals surface area (Å²) in [5.74, 6) is -0.486. The van der Waals surface area contributed by atoms with Crippen LogP contribution in [-0.2, 0) is 11.3 Å². The molecule has 0 bridgehead atoms. The maximum Gasteiger partial charge on any atom is 0.373 e. The summed E-state index contributed by atoms with van der Waals surface area (Å²) in [5.41, 5.74) is 3.17. The number of H-pyrrole nitrogens is 1. The number of hydrogen-bond donors (Lipinski definition) is 2. The molecule has 0 radical (unpaired) electrons. The van der Waals surface area contributed by atoms with Gasteiger partial charge in [-0.2, -0.15) is 0 Å². The number of ether oxygens (including phenoxy) is 1. The molecule has 0 atom stereocenters. The molecule has 0 aliphatic carbocycles. The van der Waals surface area contributed by atoms with Gasteiger partial charge in [-0.1, -0.05) is 18.2 Å². The molecule has 2 N–H and O–H groups in total. The number of benzene rings is 1. The standard InChI is InChI=1S/C20H17N3O5/c1-11-14(13-5-3-4-6-15(13)21-11)9-16-18(24)23(20(26)22-16)10-12-7-8-17(28-12)19(25)27-2/h3-9,24H,10H2,1-2H3,(H,22,26). The predicted molar refractivity (Wildman–Crippen MR) is 103 cm³/mol. The molecule has 0 amide bonds. The number of aromatic hydroxyl groups is 1. The Morgan fingerprint density at radius 3 is 2.89 bits per heavy atom. The number of fused-ring (bicyclic) bond motifs is 1. The van der Waals surface area contributed by atoms with Crippen molar-refractivity contribution in [3.05, 3.63) is 69.7 Å². The summed E-state index contributed by atoms with van der Waals surface area (Å²) in [7, 11) is 1.25. The van der Waals surface area contributed by atoms with Crippen molar-refractivity contribution >= 4 is 29.0 Å². The fourth-order valence-electron chi connectivity index (χ4n) is 3.12. The van der Waals surface area contributed by atoms with Gasteiger partial charge in [0.2, 0.25) is 11.6 Å². The predicted octanol–water partition coefficient (Wildman–Crippen LogP) is 2.96. The second kappa shape index (κ2) is 6.73. The quantitative estimate of drug-likeness (QED) is 0.677. The minimum absolute atomic E-state index is 0.0253. The zero-order chi connectivity index (χ0) is 19.8. The SMILES string of the molecule is COC(=O)c1ccc(Cn2c(O)c(C=C3C(C)=Nc4ccccc43)[nH]c2=O)o1. The zero-order valence-corrected chi connectivity index (χ0v) is 15.2. The van der Waals surface area contributed by atoms with Crippen molar-refractivity contribution < 1.29 is 19.1 Å². The van der Waals surface area contributed by atoms with Gasteiger partial charge >= 0.3 is 11.7 Å². The maximum atomic E-state index is 12.3. The van der Waals surface area contributed by atoms with Crippen LogP contribution in [0.5, 0.6) is 5.88 Å². The number of aliphatic imine (C=N–C) groups is 1. The smallest absolute Gasteiger partial charge is 0.373 e. The number of para-hydroxylation sites is 1. The third kappa shape index (κ3) is 2.94. The van der Waals surface area contributed by atoms with Gasteiger partial charge in [-0.15, -0.1) is 0 Å². The molecule has 8 heteroatoms. The molecule has 0 saturated heterocycles. The number of aromatic amines is 1. The number of furan rings is 1. The van der Waals surface area contributed by atoms with E-state index < -0.39 is 11.7 Å². The lowest BCUT2D eigenvalue weighted by molar-refractivity contribution is 0.0563. The van der Waals surface area contributed by atoms with E-state index in [4.69, 9.17) is 4.42 Å². The van der Waals surface area contributed by atoms with Crippen LogP contribution in [0.15, 0.2) is 50.6 Å². The third-order valence-electron chi connectivity index (χ3n) is 4.51. The van der Waals surface area contributed by atoms with E-state index in [-0.39, 0.29) is 23.9 Å². The lowest BCUT2D eigenvalue weighted by Gasteiger charge is -2.02. The largest absolute Gasteiger partial charge is 0.493 e. The number of allylic oxidation sites excluding steroid dienone is 1. The van der Waals surface area contributed by atoms with E-state index in [1.165, 1.54) is 13.2 Å². The van der Waals surface area contributed by atoms with Gasteiger partial charge in [0.25, 0.3) is 0 Å². The van der Waals surface area contributed by atoms with Crippen LogP contribution in [0.1, 0.15) is 34.5 Å². The maximum absolute atomic E-state index is 12.3. The first-order chi connectivity index (χ1) is 13.5. The summed E-state index contributed by atoms with van der Waals surface area (Å²) in [4.78, 5) is 30.9. The molecule has 4 rings (SSSR count). The van der Waals surface area contributed by atoms with Crippen molar-refractivity contribution in [3.8, 4) is 5.88 Å². The molecule has 0 fully saturated rings. The molecule has 142 valence electrons. The fraction of sp³-hybridized carbons (Fsp3) is 0.150. The van der Waals surface area contributed by atoms with E-state index in [1.807, 2.05) is 31.2 Å². The second-order valence-electron chi connectivity index (χ2n) is 6.28. The van der Waals surface area contributed by atoms with Crippen molar-refractivity contribution in [3.63, 3.8) is 0 Å². The molecule has 2 aromatic heterocycles. The summed E-state index contributed by atoms with van der Waals surface area (Å²) in [6, 6.07) is 10.7. The zero-order valence-electron chi connectivity index (χ0n) is 15.2. The molecule has 0 unspecified atom stereocenters. The highest BCUT2D eigenvalue weighted by atomic mass is 16.5. The number of nitrogens with one attached hydrogen (secondary N) is 1. The number of esters is 1. The first-order valence-electron chi connectivity index (χ1n) is 8.53. The van der Waals surface area contributed by atoms with Crippen LogP contribution >= 0.6 is 0 Å². The first kappa shape index (κ1) is 17.6. The Labute approximate surface area is 159 Å². The van der Waals surface area contributed by atoms with Crippen LogP contribution < -0.4 is 5.69 Å². The number of aromatic nitrogens is 2. The third-order valence-corrected chi connectivity index (χ3v) is 4.51. The number of carbonyl (C=O) groups excluding carboxylic acids is 1. The van der Waals surface area contributed by atoms with E-state index in [1.54, 1.807) is 12.1 Å². The number of imidazole rings is 1. The van der Waals surface area contributed by atoms with Gasteiger partial charge in [-0.3, -0.25) is 9.56 Å². The van der Waals surface area contributed by atoms with Gasteiger partial charge in [0.15, 0.2) is 0 Å². The molecular formula is C20H17N3O5. The molecule has 1 aromatic carbocycles. The molecule has 3 heterocycles.